The molecule has 0 spiro atoms. The highest BCUT2D eigenvalue weighted by atomic mass is 16.3. The minimum atomic E-state index is -0.0617. The molecule has 0 radical (unpaired) electrons. The largest absolute Gasteiger partial charge is 0.393 e. The van der Waals surface area contributed by atoms with E-state index in [1.807, 2.05) is 6.07 Å². The fraction of sp³-hybridized carbons (Fsp3) is 0.625. The zero-order valence-corrected chi connectivity index (χ0v) is 12.0. The maximum Gasteiger partial charge on any atom is 0.0546 e. The van der Waals surface area contributed by atoms with Crippen molar-refractivity contribution in [2.75, 3.05) is 26.7 Å². The summed E-state index contributed by atoms with van der Waals surface area (Å²) in [6.07, 6.45) is 1.85. The highest BCUT2D eigenvalue weighted by Gasteiger charge is 2.31. The summed E-state index contributed by atoms with van der Waals surface area (Å²) in [6, 6.07) is 10.5. The van der Waals surface area contributed by atoms with E-state index in [9.17, 15) is 5.11 Å². The van der Waals surface area contributed by atoms with Crippen LogP contribution >= 0.6 is 0 Å². The van der Waals surface area contributed by atoms with Gasteiger partial charge in [0.05, 0.1) is 6.10 Å². The lowest BCUT2D eigenvalue weighted by atomic mass is 9.80. The average Bonchev–Trinajstić information content (AvgIpc) is 2.38. The molecule has 1 aliphatic carbocycles. The molecule has 1 unspecified atom stereocenters. The molecular weight excluding hydrogens is 236 g/mol. The number of rotatable bonds is 6. The van der Waals surface area contributed by atoms with Crippen LogP contribution in [0, 0.1) is 5.92 Å². The maximum atomic E-state index is 9.35. The first-order chi connectivity index (χ1) is 9.03. The Bertz CT molecular complexity index is 389. The number of nitrogens with two attached hydrogens (primary N) is 1. The second-order valence-electron chi connectivity index (χ2n) is 6.32. The number of likely N-dealkylation sites (N-methyl/N-ethyl adjacent to an activating group) is 1. The zero-order valence-electron chi connectivity index (χ0n) is 12.0. The van der Waals surface area contributed by atoms with Crippen molar-refractivity contribution >= 4 is 0 Å². The molecule has 3 N–H and O–H groups in total. The molecule has 1 fully saturated rings. The summed E-state index contributed by atoms with van der Waals surface area (Å²) in [5.41, 5.74) is 7.32. The molecule has 19 heavy (non-hydrogen) atoms. The van der Waals surface area contributed by atoms with Crippen molar-refractivity contribution in [2.45, 2.75) is 31.3 Å². The van der Waals surface area contributed by atoms with Crippen LogP contribution in [0.15, 0.2) is 30.3 Å². The van der Waals surface area contributed by atoms with Crippen molar-refractivity contribution in [3.8, 4) is 0 Å². The summed E-state index contributed by atoms with van der Waals surface area (Å²) >= 11 is 0. The lowest BCUT2D eigenvalue weighted by molar-refractivity contribution is 0.0259. The Morgan fingerprint density at radius 2 is 1.95 bits per heavy atom. The summed E-state index contributed by atoms with van der Waals surface area (Å²) < 4.78 is 0. The van der Waals surface area contributed by atoms with Gasteiger partial charge in [0.2, 0.25) is 0 Å². The molecular formula is C16H26N2O. The van der Waals surface area contributed by atoms with Gasteiger partial charge in [0.1, 0.15) is 0 Å². The van der Waals surface area contributed by atoms with E-state index in [4.69, 9.17) is 5.73 Å². The van der Waals surface area contributed by atoms with Gasteiger partial charge in [-0.3, -0.25) is 0 Å². The van der Waals surface area contributed by atoms with Crippen LogP contribution in [-0.4, -0.2) is 42.8 Å². The Kier molecular flexibility index (Phi) is 4.61. The SMILES string of the molecule is CN(CC1CC(O)C1)CC(C)(CN)c1ccccc1. The van der Waals surface area contributed by atoms with E-state index in [0.29, 0.717) is 12.5 Å². The minimum Gasteiger partial charge on any atom is -0.393 e. The third-order valence-electron chi connectivity index (χ3n) is 4.32. The van der Waals surface area contributed by atoms with Crippen molar-refractivity contribution < 1.29 is 5.11 Å². The number of aliphatic hydroxyl groups is 1. The number of hydrogen-bond acceptors (Lipinski definition) is 3. The molecule has 1 aromatic rings. The van der Waals surface area contributed by atoms with Gasteiger partial charge in [0.15, 0.2) is 0 Å². The van der Waals surface area contributed by atoms with Crippen LogP contribution in [0.3, 0.4) is 0 Å². The fourth-order valence-electron chi connectivity index (χ4n) is 3.06. The van der Waals surface area contributed by atoms with Gasteiger partial charge in [-0.15, -0.1) is 0 Å². The number of benzene rings is 1. The lowest BCUT2D eigenvalue weighted by Crippen LogP contribution is -2.45. The molecule has 3 nitrogen and oxygen atoms in total. The van der Waals surface area contributed by atoms with Crippen LogP contribution in [0.2, 0.25) is 0 Å². The molecule has 0 heterocycles. The molecule has 0 saturated heterocycles. The van der Waals surface area contributed by atoms with Crippen LogP contribution in [0.5, 0.6) is 0 Å². The normalized spacial score (nSPS) is 25.9. The summed E-state index contributed by atoms with van der Waals surface area (Å²) in [6.45, 7) is 4.89. The van der Waals surface area contributed by atoms with Crippen molar-refractivity contribution in [1.82, 2.24) is 4.90 Å². The molecule has 1 atom stereocenters. The zero-order chi connectivity index (χ0) is 13.9. The predicted molar refractivity (Wildman–Crippen MR) is 79.1 cm³/mol. The smallest absolute Gasteiger partial charge is 0.0546 e. The summed E-state index contributed by atoms with van der Waals surface area (Å²) in [4.78, 5) is 2.36. The van der Waals surface area contributed by atoms with Gasteiger partial charge >= 0.3 is 0 Å². The molecule has 0 aliphatic heterocycles. The van der Waals surface area contributed by atoms with Crippen molar-refractivity contribution in [3.05, 3.63) is 35.9 Å². The van der Waals surface area contributed by atoms with E-state index in [-0.39, 0.29) is 11.5 Å². The Balaban J connectivity index is 1.94. The van der Waals surface area contributed by atoms with Crippen LogP contribution < -0.4 is 5.73 Å². The Labute approximate surface area is 116 Å². The van der Waals surface area contributed by atoms with Crippen LogP contribution in [-0.2, 0) is 5.41 Å². The van der Waals surface area contributed by atoms with E-state index in [2.05, 4.69) is 43.1 Å². The van der Waals surface area contributed by atoms with Crippen molar-refractivity contribution in [3.63, 3.8) is 0 Å². The Morgan fingerprint density at radius 1 is 1.32 bits per heavy atom. The molecule has 1 saturated carbocycles. The molecule has 1 aromatic carbocycles. The third-order valence-corrected chi connectivity index (χ3v) is 4.32. The first-order valence-electron chi connectivity index (χ1n) is 7.16. The molecule has 0 amide bonds. The highest BCUT2D eigenvalue weighted by Crippen LogP contribution is 2.29. The van der Waals surface area contributed by atoms with E-state index >= 15 is 0 Å². The highest BCUT2D eigenvalue weighted by molar-refractivity contribution is 5.25. The predicted octanol–water partition coefficient (Wildman–Crippen LogP) is 1.61. The third kappa shape index (κ3) is 3.56. The first kappa shape index (κ1) is 14.5. The molecule has 1 aliphatic rings. The van der Waals surface area contributed by atoms with Gasteiger partial charge in [0, 0.05) is 25.0 Å². The summed E-state index contributed by atoms with van der Waals surface area (Å²) in [5.74, 6) is 0.651. The van der Waals surface area contributed by atoms with Gasteiger partial charge in [-0.1, -0.05) is 37.3 Å². The van der Waals surface area contributed by atoms with Gasteiger partial charge in [-0.25, -0.2) is 0 Å². The number of nitrogens with zero attached hydrogens (tertiary/aromatic N) is 1. The van der Waals surface area contributed by atoms with Crippen LogP contribution in [0.1, 0.15) is 25.3 Å². The number of aliphatic hydroxyl groups excluding tert-OH is 1. The van der Waals surface area contributed by atoms with Crippen molar-refractivity contribution in [2.24, 2.45) is 11.7 Å². The van der Waals surface area contributed by atoms with E-state index in [0.717, 1.165) is 25.9 Å². The second-order valence-corrected chi connectivity index (χ2v) is 6.32. The van der Waals surface area contributed by atoms with Gasteiger partial charge in [0.25, 0.3) is 0 Å². The maximum absolute atomic E-state index is 9.35. The molecule has 106 valence electrons. The van der Waals surface area contributed by atoms with Crippen LogP contribution in [0.4, 0.5) is 0 Å². The Hall–Kier alpha value is -0.900. The summed E-state index contributed by atoms with van der Waals surface area (Å²) in [7, 11) is 2.15. The van der Waals surface area contributed by atoms with E-state index in [1.54, 1.807) is 0 Å². The quantitative estimate of drug-likeness (QED) is 0.819. The van der Waals surface area contributed by atoms with Gasteiger partial charge in [-0.2, -0.15) is 0 Å². The van der Waals surface area contributed by atoms with Gasteiger partial charge < -0.3 is 15.7 Å². The molecule has 2 rings (SSSR count). The topological polar surface area (TPSA) is 49.5 Å². The van der Waals surface area contributed by atoms with Gasteiger partial charge in [-0.05, 0) is 31.4 Å². The van der Waals surface area contributed by atoms with E-state index < -0.39 is 0 Å². The molecule has 0 bridgehead atoms. The summed E-state index contributed by atoms with van der Waals surface area (Å²) in [5, 5.41) is 9.35. The molecule has 0 aromatic heterocycles. The first-order valence-corrected chi connectivity index (χ1v) is 7.16. The van der Waals surface area contributed by atoms with Crippen LogP contribution in [0.25, 0.3) is 0 Å². The second kappa shape index (κ2) is 6.04. The van der Waals surface area contributed by atoms with Crippen molar-refractivity contribution in [1.29, 1.82) is 0 Å². The Morgan fingerprint density at radius 3 is 2.47 bits per heavy atom. The standard InChI is InChI=1S/C16H26N2O/c1-16(11-17,14-6-4-3-5-7-14)12-18(2)10-13-8-15(19)9-13/h3-7,13,15,19H,8-12,17H2,1-2H3. The monoisotopic (exact) mass is 262 g/mol. The van der Waals surface area contributed by atoms with E-state index in [1.165, 1.54) is 5.56 Å². The molecule has 3 heteroatoms. The lowest BCUT2D eigenvalue weighted by Gasteiger charge is -2.38. The average molecular weight is 262 g/mol. The number of hydrogen-bond donors (Lipinski definition) is 2. The fourth-order valence-corrected chi connectivity index (χ4v) is 3.06. The minimum absolute atomic E-state index is 0.00161.